The van der Waals surface area contributed by atoms with Gasteiger partial charge in [-0.15, -0.1) is 0 Å². The topological polar surface area (TPSA) is 49.4 Å². The van der Waals surface area contributed by atoms with Gasteiger partial charge in [0.05, 0.1) is 12.1 Å². The summed E-state index contributed by atoms with van der Waals surface area (Å²) in [6.45, 7) is 1.06. The van der Waals surface area contributed by atoms with E-state index in [0.29, 0.717) is 37.4 Å². The molecule has 1 fully saturated rings. The van der Waals surface area contributed by atoms with Gasteiger partial charge in [0.25, 0.3) is 0 Å². The van der Waals surface area contributed by atoms with Gasteiger partial charge in [-0.1, -0.05) is 35.9 Å². The molecule has 1 aliphatic heterocycles. The third-order valence-corrected chi connectivity index (χ3v) is 4.87. The Kier molecular flexibility index (Phi) is 5.89. The van der Waals surface area contributed by atoms with Gasteiger partial charge in [-0.25, -0.2) is 4.39 Å². The van der Waals surface area contributed by atoms with Crippen LogP contribution in [0.4, 0.5) is 10.1 Å². The lowest BCUT2D eigenvalue weighted by molar-refractivity contribution is -0.133. The maximum absolute atomic E-state index is 13.6. The van der Waals surface area contributed by atoms with Crippen molar-refractivity contribution in [1.29, 1.82) is 0 Å². The van der Waals surface area contributed by atoms with Crippen molar-refractivity contribution in [3.05, 3.63) is 64.9 Å². The Hall–Kier alpha value is -2.40. The number of piperidine rings is 1. The molecule has 0 saturated carbocycles. The van der Waals surface area contributed by atoms with E-state index in [1.165, 1.54) is 12.1 Å². The number of nitrogens with one attached hydrogen (secondary N) is 1. The summed E-state index contributed by atoms with van der Waals surface area (Å²) in [6, 6.07) is 13.3. The summed E-state index contributed by atoms with van der Waals surface area (Å²) in [4.78, 5) is 26.5. The summed E-state index contributed by atoms with van der Waals surface area (Å²) in [5.41, 5.74) is 1.11. The van der Waals surface area contributed by atoms with Gasteiger partial charge < -0.3 is 10.2 Å². The Bertz CT molecular complexity index is 787. The van der Waals surface area contributed by atoms with Gasteiger partial charge in [0.1, 0.15) is 5.82 Å². The van der Waals surface area contributed by atoms with Gasteiger partial charge >= 0.3 is 0 Å². The summed E-state index contributed by atoms with van der Waals surface area (Å²) >= 11 is 5.85. The van der Waals surface area contributed by atoms with E-state index < -0.39 is 5.82 Å². The van der Waals surface area contributed by atoms with E-state index in [1.807, 2.05) is 12.1 Å². The predicted molar refractivity (Wildman–Crippen MR) is 99.5 cm³/mol. The lowest BCUT2D eigenvalue weighted by atomic mass is 9.95. The van der Waals surface area contributed by atoms with Gasteiger partial charge in [0.2, 0.25) is 11.8 Å². The van der Waals surface area contributed by atoms with Crippen molar-refractivity contribution in [2.24, 2.45) is 5.92 Å². The minimum absolute atomic E-state index is 0.0419. The SMILES string of the molecule is O=C(Nc1ccccc1F)C1CCN(C(=O)Cc2ccc(Cl)cc2)CC1. The van der Waals surface area contributed by atoms with E-state index >= 15 is 0 Å². The number of benzene rings is 2. The molecular formula is C20H20ClFN2O2. The number of hydrogen-bond donors (Lipinski definition) is 1. The first kappa shape index (κ1) is 18.4. The van der Waals surface area contributed by atoms with Crippen LogP contribution < -0.4 is 5.32 Å². The van der Waals surface area contributed by atoms with E-state index in [9.17, 15) is 14.0 Å². The molecule has 0 atom stereocenters. The monoisotopic (exact) mass is 374 g/mol. The van der Waals surface area contributed by atoms with Crippen LogP contribution in [-0.4, -0.2) is 29.8 Å². The van der Waals surface area contributed by atoms with Crippen LogP contribution in [0, 0.1) is 11.7 Å². The first-order valence-electron chi connectivity index (χ1n) is 8.60. The summed E-state index contributed by atoms with van der Waals surface area (Å²) in [6.07, 6.45) is 1.47. The summed E-state index contributed by atoms with van der Waals surface area (Å²) in [5.74, 6) is -0.814. The molecule has 1 aliphatic rings. The Balaban J connectivity index is 1.50. The molecule has 0 aliphatic carbocycles. The minimum atomic E-state index is -0.448. The van der Waals surface area contributed by atoms with Gasteiger partial charge in [0, 0.05) is 24.0 Å². The van der Waals surface area contributed by atoms with Gasteiger partial charge in [0.15, 0.2) is 0 Å². The standard InChI is InChI=1S/C20H20ClFN2O2/c21-16-7-5-14(6-8-16)13-19(25)24-11-9-15(10-12-24)20(26)23-18-4-2-1-3-17(18)22/h1-8,15H,9-13H2,(H,23,26). The van der Waals surface area contributed by atoms with Crippen LogP contribution in [0.1, 0.15) is 18.4 Å². The molecule has 1 saturated heterocycles. The molecule has 0 spiro atoms. The number of amides is 2. The van der Waals surface area contributed by atoms with Crippen molar-refractivity contribution < 1.29 is 14.0 Å². The first-order valence-corrected chi connectivity index (χ1v) is 8.98. The average molecular weight is 375 g/mol. The zero-order valence-electron chi connectivity index (χ0n) is 14.3. The maximum atomic E-state index is 13.6. The van der Waals surface area contributed by atoms with Crippen LogP contribution >= 0.6 is 11.6 Å². The van der Waals surface area contributed by atoms with Crippen LogP contribution in [-0.2, 0) is 16.0 Å². The second kappa shape index (κ2) is 8.32. The smallest absolute Gasteiger partial charge is 0.227 e. The predicted octanol–water partition coefficient (Wildman–Crippen LogP) is 3.90. The van der Waals surface area contributed by atoms with Crippen LogP contribution in [0.3, 0.4) is 0 Å². The highest BCUT2D eigenvalue weighted by Gasteiger charge is 2.27. The highest BCUT2D eigenvalue weighted by atomic mass is 35.5. The molecule has 2 amide bonds. The maximum Gasteiger partial charge on any atom is 0.227 e. The molecule has 3 rings (SSSR count). The number of nitrogens with zero attached hydrogens (tertiary/aromatic N) is 1. The zero-order chi connectivity index (χ0) is 18.5. The van der Waals surface area contributed by atoms with Crippen LogP contribution in [0.25, 0.3) is 0 Å². The number of hydrogen-bond acceptors (Lipinski definition) is 2. The summed E-state index contributed by atoms with van der Waals surface area (Å²) < 4.78 is 13.6. The second-order valence-corrected chi connectivity index (χ2v) is 6.86. The van der Waals surface area contributed by atoms with Crippen molar-refractivity contribution in [3.63, 3.8) is 0 Å². The fraction of sp³-hybridized carbons (Fsp3) is 0.300. The number of carbonyl (C=O) groups excluding carboxylic acids is 2. The van der Waals surface area contributed by atoms with Gasteiger partial charge in [-0.3, -0.25) is 9.59 Å². The number of carbonyl (C=O) groups is 2. The molecule has 0 unspecified atom stereocenters. The van der Waals surface area contributed by atoms with E-state index in [4.69, 9.17) is 11.6 Å². The lowest BCUT2D eigenvalue weighted by Crippen LogP contribution is -2.42. The van der Waals surface area contributed by atoms with Crippen molar-refractivity contribution in [3.8, 4) is 0 Å². The van der Waals surface area contributed by atoms with Gasteiger partial charge in [-0.05, 0) is 42.7 Å². The molecule has 4 nitrogen and oxygen atoms in total. The molecular weight excluding hydrogens is 355 g/mol. The highest BCUT2D eigenvalue weighted by Crippen LogP contribution is 2.21. The van der Waals surface area contributed by atoms with E-state index in [-0.39, 0.29) is 23.4 Å². The Morgan fingerprint density at radius 1 is 1.08 bits per heavy atom. The van der Waals surface area contributed by atoms with E-state index in [1.54, 1.807) is 29.2 Å². The molecule has 0 bridgehead atoms. The Morgan fingerprint density at radius 3 is 2.38 bits per heavy atom. The van der Waals surface area contributed by atoms with E-state index in [2.05, 4.69) is 5.32 Å². The molecule has 0 radical (unpaired) electrons. The fourth-order valence-corrected chi connectivity index (χ4v) is 3.20. The van der Waals surface area contributed by atoms with Crippen LogP contribution in [0.15, 0.2) is 48.5 Å². The second-order valence-electron chi connectivity index (χ2n) is 6.43. The minimum Gasteiger partial charge on any atom is -0.342 e. The van der Waals surface area contributed by atoms with Crippen LogP contribution in [0.2, 0.25) is 5.02 Å². The molecule has 1 N–H and O–H groups in total. The molecule has 2 aromatic carbocycles. The van der Waals surface area contributed by atoms with Crippen molar-refractivity contribution in [2.45, 2.75) is 19.3 Å². The number of rotatable bonds is 4. The van der Waals surface area contributed by atoms with E-state index in [0.717, 1.165) is 5.56 Å². The molecule has 0 aromatic heterocycles. The first-order chi connectivity index (χ1) is 12.5. The lowest BCUT2D eigenvalue weighted by Gasteiger charge is -2.31. The number of para-hydroxylation sites is 1. The molecule has 26 heavy (non-hydrogen) atoms. The Labute approximate surface area is 157 Å². The summed E-state index contributed by atoms with van der Waals surface area (Å²) in [5, 5.41) is 3.28. The largest absolute Gasteiger partial charge is 0.342 e. The number of anilines is 1. The van der Waals surface area contributed by atoms with Gasteiger partial charge in [-0.2, -0.15) is 0 Å². The number of likely N-dealkylation sites (tertiary alicyclic amines) is 1. The van der Waals surface area contributed by atoms with Crippen molar-refractivity contribution >= 4 is 29.1 Å². The zero-order valence-corrected chi connectivity index (χ0v) is 15.0. The van der Waals surface area contributed by atoms with Crippen molar-refractivity contribution in [1.82, 2.24) is 4.90 Å². The normalized spacial score (nSPS) is 14.9. The Morgan fingerprint density at radius 2 is 1.73 bits per heavy atom. The number of halogens is 2. The van der Waals surface area contributed by atoms with Crippen molar-refractivity contribution in [2.75, 3.05) is 18.4 Å². The fourth-order valence-electron chi connectivity index (χ4n) is 3.08. The average Bonchev–Trinajstić information content (AvgIpc) is 2.65. The quantitative estimate of drug-likeness (QED) is 0.882. The summed E-state index contributed by atoms with van der Waals surface area (Å²) in [7, 11) is 0. The molecule has 6 heteroatoms. The molecule has 2 aromatic rings. The van der Waals surface area contributed by atoms with Crippen LogP contribution in [0.5, 0.6) is 0 Å². The molecule has 136 valence electrons. The highest BCUT2D eigenvalue weighted by molar-refractivity contribution is 6.30. The molecule has 1 heterocycles. The third kappa shape index (κ3) is 4.61. The third-order valence-electron chi connectivity index (χ3n) is 4.62.